The molecule has 2 saturated heterocycles. The van der Waals surface area contributed by atoms with Gasteiger partial charge in [0.1, 0.15) is 46.9 Å². The van der Waals surface area contributed by atoms with E-state index in [0.29, 0.717) is 0 Å². The van der Waals surface area contributed by atoms with Crippen LogP contribution >= 0.6 is 11.6 Å². The Morgan fingerprint density at radius 3 is 2.67 bits per heavy atom. The van der Waals surface area contributed by atoms with Gasteiger partial charge >= 0.3 is 5.97 Å². The normalized spacial score (nSPS) is 26.7. The van der Waals surface area contributed by atoms with E-state index in [9.17, 15) is 19.8 Å². The molecule has 12 nitrogen and oxygen atoms in total. The molecule has 0 radical (unpaired) electrons. The topological polar surface area (TPSA) is 162 Å². The number of carbonyl (C=O) groups excluding carboxylic acids is 2. The quantitative estimate of drug-likeness (QED) is 0.169. The highest BCUT2D eigenvalue weighted by Crippen LogP contribution is 2.39. The largest absolute Gasteiger partial charge is 0.506 e. The molecular weight excluding hydrogens is 460 g/mol. The monoisotopic (exact) mass is 484 g/mol. The number of fused-ring (bicyclic) bond motifs is 1. The number of aliphatic imine (C=N–C) groups is 1. The Morgan fingerprint density at radius 1 is 1.33 bits per heavy atom. The molecule has 13 heteroatoms. The number of nitrogens with one attached hydrogen (secondary N) is 1. The maximum Gasteiger partial charge on any atom is 0.343 e. The van der Waals surface area contributed by atoms with Crippen molar-refractivity contribution in [3.8, 4) is 0 Å². The number of nitrogens with zero attached hydrogens (tertiary/aromatic N) is 3. The zero-order valence-corrected chi connectivity index (χ0v) is 19.2. The number of amides is 1. The second-order valence-electron chi connectivity index (χ2n) is 7.64. The van der Waals surface area contributed by atoms with Crippen molar-refractivity contribution >= 4 is 41.3 Å². The average molecular weight is 485 g/mol. The number of anilines is 1. The Balaban J connectivity index is 2.01. The Kier molecular flexibility index (Phi) is 7.65. The first-order chi connectivity index (χ1) is 15.6. The van der Waals surface area contributed by atoms with Gasteiger partial charge in [-0.2, -0.15) is 0 Å². The van der Waals surface area contributed by atoms with Crippen LogP contribution in [0.4, 0.5) is 5.82 Å². The van der Waals surface area contributed by atoms with E-state index >= 15 is 0 Å². The maximum atomic E-state index is 12.6. The van der Waals surface area contributed by atoms with Gasteiger partial charge in [0.25, 0.3) is 0 Å². The van der Waals surface area contributed by atoms with E-state index in [1.165, 1.54) is 6.92 Å². The molecule has 1 aromatic rings. The van der Waals surface area contributed by atoms with E-state index in [1.807, 2.05) is 0 Å². The number of esters is 1. The lowest BCUT2D eigenvalue weighted by Gasteiger charge is -2.22. The number of aliphatic hydroxyl groups excluding tert-OH is 2. The first-order valence-corrected chi connectivity index (χ1v) is 10.5. The van der Waals surface area contributed by atoms with Crippen LogP contribution in [-0.2, 0) is 28.5 Å². The van der Waals surface area contributed by atoms with Crippen molar-refractivity contribution in [2.45, 2.75) is 58.0 Å². The van der Waals surface area contributed by atoms with Crippen LogP contribution in [0, 0.1) is 0 Å². The van der Waals surface area contributed by atoms with Crippen LogP contribution in [0.5, 0.6) is 0 Å². The van der Waals surface area contributed by atoms with Crippen LogP contribution in [0.3, 0.4) is 0 Å². The zero-order chi connectivity index (χ0) is 24.3. The highest BCUT2D eigenvalue weighted by molar-refractivity contribution is 6.32. The lowest BCUT2D eigenvalue weighted by Crippen LogP contribution is -2.31. The van der Waals surface area contributed by atoms with E-state index in [4.69, 9.17) is 30.5 Å². The number of halogens is 1. The molecule has 3 rings (SSSR count). The summed E-state index contributed by atoms with van der Waals surface area (Å²) in [7, 11) is 0. The second kappa shape index (κ2) is 10.1. The molecule has 2 aliphatic heterocycles. The van der Waals surface area contributed by atoms with Gasteiger partial charge in [-0.15, -0.1) is 0 Å². The van der Waals surface area contributed by atoms with Crippen molar-refractivity contribution in [2.24, 2.45) is 4.99 Å². The van der Waals surface area contributed by atoms with Crippen molar-refractivity contribution in [3.05, 3.63) is 22.6 Å². The van der Waals surface area contributed by atoms with Crippen LogP contribution in [0.25, 0.3) is 5.76 Å². The summed E-state index contributed by atoms with van der Waals surface area (Å²) in [5.41, 5.74) is -0.574. The van der Waals surface area contributed by atoms with Gasteiger partial charge in [-0.1, -0.05) is 11.6 Å². The minimum Gasteiger partial charge on any atom is -0.506 e. The summed E-state index contributed by atoms with van der Waals surface area (Å²) in [6.45, 7) is 5.96. The van der Waals surface area contributed by atoms with Gasteiger partial charge in [-0.05, 0) is 20.8 Å². The summed E-state index contributed by atoms with van der Waals surface area (Å²) in [5, 5.41) is 22.7. The van der Waals surface area contributed by atoms with Crippen molar-refractivity contribution in [1.29, 1.82) is 0 Å². The summed E-state index contributed by atoms with van der Waals surface area (Å²) in [5.74, 6) is -3.08. The SMILES string of the molecule is CCOC(=O)C(C=N[C@@H]1O[C@H](CO)[C@H]2OC(C)(C)O[C@H]21)=C(O)c1c(Cl)ncnc1NC(C)=O. The average Bonchev–Trinajstić information content (AvgIpc) is 3.20. The van der Waals surface area contributed by atoms with Crippen LogP contribution in [-0.4, -0.2) is 81.8 Å². The second-order valence-corrected chi connectivity index (χ2v) is 8.00. The molecule has 0 aliphatic carbocycles. The first kappa shape index (κ1) is 25.0. The third-order valence-corrected chi connectivity index (χ3v) is 5.03. The number of carbonyl (C=O) groups is 2. The number of rotatable bonds is 7. The van der Waals surface area contributed by atoms with Gasteiger partial charge in [0.2, 0.25) is 5.91 Å². The third kappa shape index (κ3) is 5.47. The summed E-state index contributed by atoms with van der Waals surface area (Å²) >= 11 is 6.12. The highest BCUT2D eigenvalue weighted by atomic mass is 35.5. The molecule has 0 bridgehead atoms. The Labute approximate surface area is 194 Å². The summed E-state index contributed by atoms with van der Waals surface area (Å²) in [4.78, 5) is 36.1. The fourth-order valence-electron chi connectivity index (χ4n) is 3.46. The van der Waals surface area contributed by atoms with E-state index < -0.39 is 48.0 Å². The molecule has 4 atom stereocenters. The predicted molar refractivity (Wildman–Crippen MR) is 116 cm³/mol. The van der Waals surface area contributed by atoms with Gasteiger partial charge in [-0.25, -0.2) is 14.8 Å². The number of aromatic nitrogens is 2. The van der Waals surface area contributed by atoms with E-state index in [1.54, 1.807) is 20.8 Å². The number of hydrogen-bond donors (Lipinski definition) is 3. The number of hydrogen-bond acceptors (Lipinski definition) is 11. The molecule has 0 unspecified atom stereocenters. The first-order valence-electron chi connectivity index (χ1n) is 10.1. The van der Waals surface area contributed by atoms with Crippen LogP contribution in [0.15, 0.2) is 16.9 Å². The number of ether oxygens (including phenoxy) is 4. The van der Waals surface area contributed by atoms with E-state index in [2.05, 4.69) is 20.3 Å². The molecule has 33 heavy (non-hydrogen) atoms. The van der Waals surface area contributed by atoms with Crippen LogP contribution < -0.4 is 5.32 Å². The van der Waals surface area contributed by atoms with Crippen molar-refractivity contribution in [3.63, 3.8) is 0 Å². The lowest BCUT2D eigenvalue weighted by molar-refractivity contribution is -0.189. The zero-order valence-electron chi connectivity index (χ0n) is 18.4. The van der Waals surface area contributed by atoms with E-state index in [0.717, 1.165) is 12.5 Å². The molecule has 1 aromatic heterocycles. The highest BCUT2D eigenvalue weighted by Gasteiger charge is 2.55. The van der Waals surface area contributed by atoms with Crippen molar-refractivity contribution in [2.75, 3.05) is 18.5 Å². The molecule has 180 valence electrons. The molecule has 3 N–H and O–H groups in total. The van der Waals surface area contributed by atoms with Crippen LogP contribution in [0.1, 0.15) is 33.3 Å². The Bertz CT molecular complexity index is 983. The molecule has 0 saturated carbocycles. The molecule has 2 fully saturated rings. The van der Waals surface area contributed by atoms with E-state index in [-0.39, 0.29) is 35.3 Å². The van der Waals surface area contributed by atoms with Gasteiger partial charge in [-0.3, -0.25) is 9.79 Å². The number of aliphatic hydroxyl groups is 2. The molecule has 0 spiro atoms. The van der Waals surface area contributed by atoms with Gasteiger partial charge < -0.3 is 34.5 Å². The molecule has 3 heterocycles. The van der Waals surface area contributed by atoms with Crippen LogP contribution in [0.2, 0.25) is 5.15 Å². The predicted octanol–water partition coefficient (Wildman–Crippen LogP) is 1.23. The Morgan fingerprint density at radius 2 is 2.03 bits per heavy atom. The fourth-order valence-corrected chi connectivity index (χ4v) is 3.69. The molecular formula is C20H25ClN4O8. The van der Waals surface area contributed by atoms with Gasteiger partial charge in [0, 0.05) is 13.1 Å². The molecule has 1 amide bonds. The summed E-state index contributed by atoms with van der Waals surface area (Å²) in [6, 6.07) is 0. The van der Waals surface area contributed by atoms with Gasteiger partial charge in [0.05, 0.1) is 18.8 Å². The maximum absolute atomic E-state index is 12.6. The van der Waals surface area contributed by atoms with Crippen molar-refractivity contribution < 1.29 is 38.7 Å². The molecule has 2 aliphatic rings. The Hall–Kier alpha value is -2.64. The minimum absolute atomic E-state index is 0.0172. The fraction of sp³-hybridized carbons (Fsp3) is 0.550. The lowest BCUT2D eigenvalue weighted by atomic mass is 10.1. The summed E-state index contributed by atoms with van der Waals surface area (Å²) < 4.78 is 22.3. The minimum atomic E-state index is -0.941. The van der Waals surface area contributed by atoms with Gasteiger partial charge in [0.15, 0.2) is 12.0 Å². The summed E-state index contributed by atoms with van der Waals surface area (Å²) in [6.07, 6.45) is -0.723. The molecule has 0 aromatic carbocycles. The smallest absolute Gasteiger partial charge is 0.343 e. The standard InChI is InChI=1S/C20H25ClN4O8/c1-5-30-19(29)10(13(28)12-16(21)23-8-24-17(12)25-9(2)27)6-22-18-15-14(11(7-26)31-18)32-20(3,4)33-15/h6,8,11,14-15,18,26,28H,5,7H2,1-4H3,(H,23,24,25,27)/t11-,14-,15-,18-/m1/s1. The third-order valence-electron chi connectivity index (χ3n) is 4.74. The van der Waals surface area contributed by atoms with Crippen molar-refractivity contribution in [1.82, 2.24) is 9.97 Å².